The van der Waals surface area contributed by atoms with Gasteiger partial charge >= 0.3 is 0 Å². The van der Waals surface area contributed by atoms with E-state index in [0.29, 0.717) is 12.2 Å². The fourth-order valence-corrected chi connectivity index (χ4v) is 1.42. The molecule has 1 unspecified atom stereocenters. The number of aliphatic hydroxyl groups is 1. The number of aliphatic hydroxyl groups excluding tert-OH is 1. The highest BCUT2D eigenvalue weighted by Crippen LogP contribution is 2.14. The molecule has 0 aromatic carbocycles. The van der Waals surface area contributed by atoms with Gasteiger partial charge in [-0.2, -0.15) is 15.0 Å². The van der Waals surface area contributed by atoms with Gasteiger partial charge in [-0.3, -0.25) is 0 Å². The molecule has 5 nitrogen and oxygen atoms in total. The molecule has 13 heavy (non-hydrogen) atoms. The molecule has 1 N–H and O–H groups in total. The van der Waals surface area contributed by atoms with Crippen LogP contribution in [0.3, 0.4) is 0 Å². The molecule has 1 aliphatic rings. The Hall–Kier alpha value is -0.940. The van der Waals surface area contributed by atoms with Crippen LogP contribution in [-0.2, 0) is 7.05 Å². The van der Waals surface area contributed by atoms with Crippen molar-refractivity contribution >= 4 is 0 Å². The van der Waals surface area contributed by atoms with Crippen LogP contribution in [0, 0.1) is 0 Å². The molecule has 0 saturated carbocycles. The Morgan fingerprint density at radius 2 is 2.38 bits per heavy atom. The maximum absolute atomic E-state index is 9.71. The summed E-state index contributed by atoms with van der Waals surface area (Å²) in [6.07, 6.45) is 2.37. The molecule has 1 aromatic rings. The van der Waals surface area contributed by atoms with E-state index in [1.54, 1.807) is 13.2 Å². The number of hydrogen-bond donors (Lipinski definition) is 1. The lowest BCUT2D eigenvalue weighted by Crippen LogP contribution is -2.39. The average Bonchev–Trinajstić information content (AvgIpc) is 2.44. The van der Waals surface area contributed by atoms with Crippen molar-refractivity contribution in [3.05, 3.63) is 11.9 Å². The number of aromatic nitrogens is 3. The van der Waals surface area contributed by atoms with Gasteiger partial charge in [-0.25, -0.2) is 0 Å². The van der Waals surface area contributed by atoms with Gasteiger partial charge in [-0.1, -0.05) is 0 Å². The number of β-amino-alcohol motifs (C(OH)–C–C–N with tert-alkyl or cyclic N) is 1. The standard InChI is InChI=1S/C8H14N4O/c1-11-9-5-7(10-11)8(13)6-12-3-2-4-12/h5,8,13H,2-4,6H2,1H3. The van der Waals surface area contributed by atoms with E-state index < -0.39 is 6.10 Å². The highest BCUT2D eigenvalue weighted by molar-refractivity contribution is 4.97. The quantitative estimate of drug-likeness (QED) is 0.688. The van der Waals surface area contributed by atoms with E-state index in [9.17, 15) is 5.11 Å². The molecule has 1 aliphatic heterocycles. The maximum atomic E-state index is 9.71. The van der Waals surface area contributed by atoms with Crippen molar-refractivity contribution in [2.45, 2.75) is 12.5 Å². The Labute approximate surface area is 77.0 Å². The van der Waals surface area contributed by atoms with Crippen molar-refractivity contribution in [1.82, 2.24) is 19.9 Å². The van der Waals surface area contributed by atoms with Crippen LogP contribution < -0.4 is 0 Å². The van der Waals surface area contributed by atoms with Crippen molar-refractivity contribution in [3.8, 4) is 0 Å². The van der Waals surface area contributed by atoms with Crippen LogP contribution in [0.1, 0.15) is 18.2 Å². The molecule has 0 aliphatic carbocycles. The monoisotopic (exact) mass is 182 g/mol. The third-order valence-corrected chi connectivity index (χ3v) is 2.34. The van der Waals surface area contributed by atoms with Crippen LogP contribution >= 0.6 is 0 Å². The number of rotatable bonds is 3. The summed E-state index contributed by atoms with van der Waals surface area (Å²) in [4.78, 5) is 3.67. The number of hydrogen-bond acceptors (Lipinski definition) is 4. The molecule has 1 fully saturated rings. The topological polar surface area (TPSA) is 54.2 Å². The molecule has 1 atom stereocenters. The van der Waals surface area contributed by atoms with Gasteiger partial charge < -0.3 is 10.0 Å². The smallest absolute Gasteiger partial charge is 0.112 e. The predicted molar refractivity (Wildman–Crippen MR) is 47.0 cm³/mol. The molecule has 2 heterocycles. The molecule has 0 bridgehead atoms. The highest BCUT2D eigenvalue weighted by atomic mass is 16.3. The Morgan fingerprint density at radius 1 is 1.62 bits per heavy atom. The van der Waals surface area contributed by atoms with Crippen LogP contribution in [0.4, 0.5) is 0 Å². The summed E-state index contributed by atoms with van der Waals surface area (Å²) >= 11 is 0. The van der Waals surface area contributed by atoms with E-state index >= 15 is 0 Å². The molecule has 72 valence electrons. The lowest BCUT2D eigenvalue weighted by atomic mass is 10.2. The van der Waals surface area contributed by atoms with Crippen molar-refractivity contribution in [2.75, 3.05) is 19.6 Å². The zero-order chi connectivity index (χ0) is 9.26. The van der Waals surface area contributed by atoms with Crippen molar-refractivity contribution < 1.29 is 5.11 Å². The number of nitrogens with zero attached hydrogens (tertiary/aromatic N) is 4. The predicted octanol–water partition coefficient (Wildman–Crippen LogP) is -0.446. The summed E-state index contributed by atoms with van der Waals surface area (Å²) in [6.45, 7) is 2.87. The zero-order valence-corrected chi connectivity index (χ0v) is 7.72. The van der Waals surface area contributed by atoms with Crippen molar-refractivity contribution in [3.63, 3.8) is 0 Å². The Morgan fingerprint density at radius 3 is 2.85 bits per heavy atom. The molecule has 1 saturated heterocycles. The van der Waals surface area contributed by atoms with Gasteiger partial charge in [-0.15, -0.1) is 0 Å². The second kappa shape index (κ2) is 3.43. The van der Waals surface area contributed by atoms with Crippen LogP contribution in [0.2, 0.25) is 0 Å². The molecular formula is C8H14N4O. The average molecular weight is 182 g/mol. The van der Waals surface area contributed by atoms with E-state index in [1.807, 2.05) is 0 Å². The minimum atomic E-state index is -0.492. The number of likely N-dealkylation sites (tertiary alicyclic amines) is 1. The van der Waals surface area contributed by atoms with E-state index in [2.05, 4.69) is 15.1 Å². The van der Waals surface area contributed by atoms with Gasteiger partial charge in [0.05, 0.1) is 6.20 Å². The molecule has 0 radical (unpaired) electrons. The van der Waals surface area contributed by atoms with Gasteiger partial charge in [0.15, 0.2) is 0 Å². The second-order valence-corrected chi connectivity index (χ2v) is 3.43. The Balaban J connectivity index is 1.92. The molecule has 5 heteroatoms. The van der Waals surface area contributed by atoms with E-state index in [1.165, 1.54) is 11.2 Å². The molecule has 0 amide bonds. The highest BCUT2D eigenvalue weighted by Gasteiger charge is 2.20. The normalized spacial score (nSPS) is 19.8. The first-order valence-corrected chi connectivity index (χ1v) is 4.52. The summed E-state index contributed by atoms with van der Waals surface area (Å²) in [7, 11) is 1.75. The Bertz CT molecular complexity index is 281. The lowest BCUT2D eigenvalue weighted by molar-refractivity contribution is 0.0760. The van der Waals surface area contributed by atoms with Gasteiger partial charge in [0, 0.05) is 13.6 Å². The van der Waals surface area contributed by atoms with E-state index in [0.717, 1.165) is 13.1 Å². The summed E-state index contributed by atoms with van der Waals surface area (Å²) in [5.41, 5.74) is 0.661. The van der Waals surface area contributed by atoms with E-state index in [-0.39, 0.29) is 0 Å². The third-order valence-electron chi connectivity index (χ3n) is 2.34. The maximum Gasteiger partial charge on any atom is 0.112 e. The van der Waals surface area contributed by atoms with Gasteiger partial charge in [-0.05, 0) is 19.5 Å². The SMILES string of the molecule is Cn1ncc(C(O)CN2CCC2)n1. The summed E-state index contributed by atoms with van der Waals surface area (Å²) in [5, 5.41) is 17.7. The first kappa shape index (κ1) is 8.65. The summed E-state index contributed by atoms with van der Waals surface area (Å²) < 4.78 is 0. The fraction of sp³-hybridized carbons (Fsp3) is 0.750. The van der Waals surface area contributed by atoms with Gasteiger partial charge in [0.1, 0.15) is 11.8 Å². The largest absolute Gasteiger partial charge is 0.385 e. The first-order chi connectivity index (χ1) is 6.25. The molecular weight excluding hydrogens is 168 g/mol. The molecule has 2 rings (SSSR count). The lowest BCUT2D eigenvalue weighted by Gasteiger charge is -2.31. The van der Waals surface area contributed by atoms with Crippen molar-refractivity contribution in [1.29, 1.82) is 0 Å². The van der Waals surface area contributed by atoms with Crippen LogP contribution in [-0.4, -0.2) is 44.6 Å². The van der Waals surface area contributed by atoms with Crippen LogP contribution in [0.15, 0.2) is 6.20 Å². The minimum Gasteiger partial charge on any atom is -0.385 e. The number of aryl methyl sites for hydroxylation is 1. The summed E-state index contributed by atoms with van der Waals surface area (Å²) in [5.74, 6) is 0. The van der Waals surface area contributed by atoms with Crippen molar-refractivity contribution in [2.24, 2.45) is 7.05 Å². The van der Waals surface area contributed by atoms with Gasteiger partial charge in [0.2, 0.25) is 0 Å². The molecule has 1 aromatic heterocycles. The fourth-order valence-electron chi connectivity index (χ4n) is 1.42. The second-order valence-electron chi connectivity index (χ2n) is 3.43. The Kier molecular flexibility index (Phi) is 2.28. The van der Waals surface area contributed by atoms with Gasteiger partial charge in [0.25, 0.3) is 0 Å². The summed E-state index contributed by atoms with van der Waals surface area (Å²) in [6, 6.07) is 0. The van der Waals surface area contributed by atoms with Crippen LogP contribution in [0.5, 0.6) is 0 Å². The third kappa shape index (κ3) is 1.87. The van der Waals surface area contributed by atoms with Crippen LogP contribution in [0.25, 0.3) is 0 Å². The molecule has 0 spiro atoms. The van der Waals surface area contributed by atoms with E-state index in [4.69, 9.17) is 0 Å². The zero-order valence-electron chi connectivity index (χ0n) is 7.72. The first-order valence-electron chi connectivity index (χ1n) is 4.52. The minimum absolute atomic E-state index is 0.492.